The molecule has 2 aromatic rings. The van der Waals surface area contributed by atoms with E-state index < -0.39 is 23.6 Å². The van der Waals surface area contributed by atoms with E-state index in [4.69, 9.17) is 4.98 Å². The summed E-state index contributed by atoms with van der Waals surface area (Å²) in [6, 6.07) is 9.66. The van der Waals surface area contributed by atoms with Crippen molar-refractivity contribution in [2.75, 3.05) is 19.0 Å². The summed E-state index contributed by atoms with van der Waals surface area (Å²) in [6.45, 7) is 8.54. The van der Waals surface area contributed by atoms with Gasteiger partial charge in [-0.1, -0.05) is 50.3 Å². The van der Waals surface area contributed by atoms with E-state index in [2.05, 4.69) is 0 Å². The lowest BCUT2D eigenvalue weighted by Gasteiger charge is -2.34. The van der Waals surface area contributed by atoms with Gasteiger partial charge in [0.05, 0.1) is 10.6 Å². The Morgan fingerprint density at radius 1 is 1.11 bits per heavy atom. The molecule has 0 saturated carbocycles. The molecule has 0 unspecified atom stereocenters. The summed E-state index contributed by atoms with van der Waals surface area (Å²) in [5, 5.41) is 11.4. The van der Waals surface area contributed by atoms with E-state index in [-0.39, 0.29) is 27.7 Å². The Hall–Kier alpha value is -4.10. The van der Waals surface area contributed by atoms with E-state index >= 15 is 0 Å². The summed E-state index contributed by atoms with van der Waals surface area (Å²) in [7, 11) is 3.71. The van der Waals surface area contributed by atoms with Crippen LogP contribution in [0.3, 0.4) is 0 Å². The van der Waals surface area contributed by atoms with E-state index in [1.807, 2.05) is 45.8 Å². The smallest absolute Gasteiger partial charge is 0.291 e. The van der Waals surface area contributed by atoms with Gasteiger partial charge in [-0.15, -0.1) is 0 Å². The van der Waals surface area contributed by atoms with Crippen molar-refractivity contribution in [2.24, 2.45) is 0 Å². The second kappa shape index (κ2) is 9.87. The van der Waals surface area contributed by atoms with Crippen molar-refractivity contribution in [1.29, 1.82) is 5.26 Å². The molecule has 0 N–H and O–H groups in total. The number of hydrogen-bond donors (Lipinski definition) is 0. The van der Waals surface area contributed by atoms with Crippen LogP contribution in [0.15, 0.2) is 47.1 Å². The average molecular weight is 506 g/mol. The van der Waals surface area contributed by atoms with E-state index in [1.165, 1.54) is 30.4 Å². The van der Waals surface area contributed by atoms with Crippen molar-refractivity contribution in [1.82, 2.24) is 15.0 Å². The summed E-state index contributed by atoms with van der Waals surface area (Å²) >= 11 is 1.35. The molecule has 9 nitrogen and oxygen atoms in total. The van der Waals surface area contributed by atoms with Gasteiger partial charge in [-0.2, -0.15) is 15.3 Å². The van der Waals surface area contributed by atoms with E-state index in [1.54, 1.807) is 24.3 Å². The minimum atomic E-state index is -1.04. The highest BCUT2D eigenvalue weighted by molar-refractivity contribution is 7.16. The van der Waals surface area contributed by atoms with Gasteiger partial charge in [0.1, 0.15) is 11.6 Å². The first-order chi connectivity index (χ1) is 16.8. The number of hydrogen-bond acceptors (Lipinski definition) is 8. The van der Waals surface area contributed by atoms with Crippen LogP contribution >= 0.6 is 11.3 Å². The first-order valence-electron chi connectivity index (χ1n) is 11.1. The van der Waals surface area contributed by atoms with Crippen LogP contribution in [-0.4, -0.2) is 52.7 Å². The van der Waals surface area contributed by atoms with Crippen molar-refractivity contribution in [3.63, 3.8) is 0 Å². The average Bonchev–Trinajstić information content (AvgIpc) is 3.25. The molecule has 0 saturated heterocycles. The molecule has 1 aromatic heterocycles. The normalized spacial score (nSPS) is 15.3. The van der Waals surface area contributed by atoms with Gasteiger partial charge in [0.15, 0.2) is 5.13 Å². The molecule has 0 atom stereocenters. The van der Waals surface area contributed by atoms with Gasteiger partial charge >= 0.3 is 0 Å². The Morgan fingerprint density at radius 3 is 2.22 bits per heavy atom. The van der Waals surface area contributed by atoms with Crippen molar-refractivity contribution < 1.29 is 19.2 Å². The van der Waals surface area contributed by atoms with Crippen LogP contribution in [0, 0.1) is 11.3 Å². The summed E-state index contributed by atoms with van der Waals surface area (Å²) < 4.78 is 0. The Labute approximate surface area is 213 Å². The third-order valence-electron chi connectivity index (χ3n) is 5.44. The SMILES string of the molecule is CC(=O)N(C(=O)c1ccccc1)N1C(=O)C(C#N)=C(C)/C(=C/c2sc(N(C)C)nc2C(C)(C)C)C1=O. The monoisotopic (exact) mass is 505 g/mol. The van der Waals surface area contributed by atoms with Gasteiger partial charge in [-0.3, -0.25) is 19.2 Å². The predicted molar refractivity (Wildman–Crippen MR) is 137 cm³/mol. The Bertz CT molecular complexity index is 1360. The van der Waals surface area contributed by atoms with Crippen LogP contribution < -0.4 is 4.90 Å². The highest BCUT2D eigenvalue weighted by Gasteiger charge is 2.43. The standard InChI is InChI=1S/C26H27N5O4S/c1-15-18(13-20-21(26(3,4)5)28-25(36-20)29(6)7)23(34)31(24(35)19(15)14-27)30(16(2)32)22(33)17-11-9-8-10-12-17/h8-13H,1-7H3/b18-13-. The Morgan fingerprint density at radius 2 is 1.72 bits per heavy atom. The lowest BCUT2D eigenvalue weighted by molar-refractivity contribution is -0.163. The fraction of sp³-hybridized carbons (Fsp3) is 0.308. The van der Waals surface area contributed by atoms with Crippen LogP contribution in [0.2, 0.25) is 0 Å². The molecule has 186 valence electrons. The largest absolute Gasteiger partial charge is 0.354 e. The van der Waals surface area contributed by atoms with Crippen LogP contribution in [0.4, 0.5) is 5.13 Å². The van der Waals surface area contributed by atoms with Gasteiger partial charge in [0.25, 0.3) is 17.7 Å². The van der Waals surface area contributed by atoms with Gasteiger partial charge in [-0.25, -0.2) is 4.98 Å². The zero-order valence-electron chi connectivity index (χ0n) is 21.2. The van der Waals surface area contributed by atoms with Crippen molar-refractivity contribution in [3.05, 3.63) is 63.2 Å². The topological polar surface area (TPSA) is 115 Å². The Kier molecular flexibility index (Phi) is 7.27. The molecule has 4 amide bonds. The first-order valence-corrected chi connectivity index (χ1v) is 11.9. The lowest BCUT2D eigenvalue weighted by Crippen LogP contribution is -2.57. The van der Waals surface area contributed by atoms with Gasteiger partial charge < -0.3 is 4.90 Å². The highest BCUT2D eigenvalue weighted by Crippen LogP contribution is 2.37. The molecule has 0 bridgehead atoms. The zero-order chi connectivity index (χ0) is 26.9. The minimum absolute atomic E-state index is 0.0257. The maximum atomic E-state index is 13.7. The maximum absolute atomic E-state index is 13.7. The van der Waals surface area contributed by atoms with Crippen LogP contribution in [0.1, 0.15) is 55.5 Å². The molecule has 10 heteroatoms. The van der Waals surface area contributed by atoms with E-state index in [0.717, 1.165) is 17.7 Å². The number of carbonyl (C=O) groups excluding carboxylic acids is 4. The molecule has 2 heterocycles. The zero-order valence-corrected chi connectivity index (χ0v) is 22.1. The molecule has 0 fully saturated rings. The molecule has 0 radical (unpaired) electrons. The molecule has 0 spiro atoms. The minimum Gasteiger partial charge on any atom is -0.354 e. The van der Waals surface area contributed by atoms with Crippen molar-refractivity contribution in [2.45, 2.75) is 40.0 Å². The van der Waals surface area contributed by atoms with Crippen LogP contribution in [-0.2, 0) is 19.8 Å². The summed E-state index contributed by atoms with van der Waals surface area (Å²) in [5.41, 5.74) is 0.334. The number of amides is 4. The second-order valence-corrected chi connectivity index (χ2v) is 10.5. The molecule has 3 rings (SSSR count). The first kappa shape index (κ1) is 26.5. The number of nitrogens with zero attached hydrogens (tertiary/aromatic N) is 5. The Balaban J connectivity index is 2.23. The van der Waals surface area contributed by atoms with Gasteiger partial charge in [-0.05, 0) is 30.7 Å². The third-order valence-corrected chi connectivity index (χ3v) is 6.61. The summed E-state index contributed by atoms with van der Waals surface area (Å²) in [4.78, 5) is 59.9. The maximum Gasteiger partial charge on any atom is 0.291 e. The molecule has 1 aliphatic rings. The number of benzene rings is 1. The molecular weight excluding hydrogens is 478 g/mol. The molecule has 1 aromatic carbocycles. The number of aromatic nitrogens is 1. The molecular formula is C26H27N5O4S. The number of thiazole rings is 1. The number of carbonyl (C=O) groups is 4. The second-order valence-electron chi connectivity index (χ2n) is 9.45. The number of hydrazine groups is 1. The molecule has 36 heavy (non-hydrogen) atoms. The van der Waals surface area contributed by atoms with Gasteiger partial charge in [0, 0.05) is 37.6 Å². The van der Waals surface area contributed by atoms with E-state index in [0.29, 0.717) is 14.9 Å². The molecule has 1 aliphatic heterocycles. The third kappa shape index (κ3) is 4.83. The fourth-order valence-electron chi connectivity index (χ4n) is 3.61. The number of imide groups is 2. The number of nitriles is 1. The lowest BCUT2D eigenvalue weighted by atomic mass is 9.89. The van der Waals surface area contributed by atoms with Crippen LogP contribution in [0.5, 0.6) is 0 Å². The highest BCUT2D eigenvalue weighted by atomic mass is 32.1. The number of rotatable bonds is 4. The van der Waals surface area contributed by atoms with Crippen molar-refractivity contribution in [3.8, 4) is 6.07 Å². The van der Waals surface area contributed by atoms with Crippen LogP contribution in [0.25, 0.3) is 6.08 Å². The predicted octanol–water partition coefficient (Wildman–Crippen LogP) is 3.70. The fourth-order valence-corrected chi connectivity index (χ4v) is 4.75. The van der Waals surface area contributed by atoms with E-state index in [9.17, 15) is 24.4 Å². The summed E-state index contributed by atoms with van der Waals surface area (Å²) in [5.74, 6) is -3.62. The van der Waals surface area contributed by atoms with Gasteiger partial charge in [0.2, 0.25) is 5.91 Å². The van der Waals surface area contributed by atoms with Crippen molar-refractivity contribution >= 4 is 46.2 Å². The molecule has 0 aliphatic carbocycles. The summed E-state index contributed by atoms with van der Waals surface area (Å²) in [6.07, 6.45) is 1.57. The number of anilines is 1. The quantitative estimate of drug-likeness (QED) is 0.460.